The van der Waals surface area contributed by atoms with Gasteiger partial charge < -0.3 is 15.0 Å². The van der Waals surface area contributed by atoms with Gasteiger partial charge in [-0.3, -0.25) is 19.7 Å². The summed E-state index contributed by atoms with van der Waals surface area (Å²) in [5, 5.41) is 11.3. The number of carbonyl (C=O) groups is 2. The second-order valence-corrected chi connectivity index (χ2v) is 7.07. The first-order valence-electron chi connectivity index (χ1n) is 9.82. The van der Waals surface area contributed by atoms with E-state index in [0.717, 1.165) is 18.7 Å². The Bertz CT molecular complexity index is 1230. The Morgan fingerprint density at radius 3 is 2.77 bits per heavy atom. The molecule has 0 spiro atoms. The number of rotatable bonds is 9. The molecule has 0 saturated heterocycles. The Morgan fingerprint density at radius 2 is 2.03 bits per heavy atom. The normalized spacial score (nSPS) is 11.0. The van der Waals surface area contributed by atoms with Gasteiger partial charge in [-0.15, -0.1) is 0 Å². The van der Waals surface area contributed by atoms with Gasteiger partial charge in [0.05, 0.1) is 29.8 Å². The van der Waals surface area contributed by atoms with Gasteiger partial charge in [-0.25, -0.2) is 4.98 Å². The first kappa shape index (κ1) is 20.4. The number of carbonyl (C=O) groups excluding carboxylic acids is 2. The average Bonchev–Trinajstić information content (AvgIpc) is 3.44. The number of aromatic amines is 2. The summed E-state index contributed by atoms with van der Waals surface area (Å²) in [7, 11) is 1.50. The third-order valence-electron chi connectivity index (χ3n) is 4.99. The minimum absolute atomic E-state index is 0.261. The van der Waals surface area contributed by atoms with E-state index < -0.39 is 11.6 Å². The maximum Gasteiger partial charge on any atom is 0.230 e. The summed E-state index contributed by atoms with van der Waals surface area (Å²) in [6, 6.07) is 5.90. The van der Waals surface area contributed by atoms with Crippen LogP contribution in [0.3, 0.4) is 0 Å². The zero-order valence-electron chi connectivity index (χ0n) is 17.2. The van der Waals surface area contributed by atoms with Gasteiger partial charge in [-0.2, -0.15) is 5.10 Å². The lowest BCUT2D eigenvalue weighted by Gasteiger charge is -2.06. The van der Waals surface area contributed by atoms with E-state index in [1.807, 2.05) is 18.2 Å². The van der Waals surface area contributed by atoms with Crippen LogP contribution < -0.4 is 10.1 Å². The minimum atomic E-state index is -0.581. The summed E-state index contributed by atoms with van der Waals surface area (Å²) >= 11 is 0. The summed E-state index contributed by atoms with van der Waals surface area (Å²) < 4.78 is 5.37. The molecule has 158 valence electrons. The van der Waals surface area contributed by atoms with E-state index in [2.05, 4.69) is 30.5 Å². The first-order valence-corrected chi connectivity index (χ1v) is 9.82. The van der Waals surface area contributed by atoms with Crippen LogP contribution in [0.4, 0.5) is 0 Å². The van der Waals surface area contributed by atoms with Crippen LogP contribution in [-0.4, -0.2) is 50.4 Å². The fourth-order valence-corrected chi connectivity index (χ4v) is 3.41. The Labute approximate surface area is 178 Å². The molecule has 0 aromatic carbocycles. The van der Waals surface area contributed by atoms with Gasteiger partial charge in [0.1, 0.15) is 17.1 Å². The van der Waals surface area contributed by atoms with Gasteiger partial charge in [0.25, 0.3) is 0 Å². The number of nitrogens with zero attached hydrogens (tertiary/aromatic N) is 3. The molecule has 0 bridgehead atoms. The number of ether oxygens (including phenoxy) is 1. The summed E-state index contributed by atoms with van der Waals surface area (Å²) in [5.41, 5.74) is 4.17. The highest BCUT2D eigenvalue weighted by atomic mass is 16.5. The maximum absolute atomic E-state index is 12.3. The fourth-order valence-electron chi connectivity index (χ4n) is 3.41. The molecular weight excluding hydrogens is 396 g/mol. The van der Waals surface area contributed by atoms with Crippen LogP contribution in [0.15, 0.2) is 43.0 Å². The zero-order chi connectivity index (χ0) is 21.8. The lowest BCUT2D eigenvalue weighted by atomic mass is 10.1. The lowest BCUT2D eigenvalue weighted by molar-refractivity contribution is -0.113. The summed E-state index contributed by atoms with van der Waals surface area (Å²) in [6.07, 6.45) is 7.52. The molecule has 0 atom stereocenters. The van der Waals surface area contributed by atoms with Crippen LogP contribution in [0.5, 0.6) is 5.75 Å². The van der Waals surface area contributed by atoms with Crippen LogP contribution in [0.1, 0.15) is 28.5 Å². The number of methoxy groups -OCH3 is 1. The van der Waals surface area contributed by atoms with Gasteiger partial charge in [-0.1, -0.05) is 0 Å². The van der Waals surface area contributed by atoms with Gasteiger partial charge >= 0.3 is 0 Å². The van der Waals surface area contributed by atoms with Crippen molar-refractivity contribution in [2.75, 3.05) is 13.7 Å². The number of Topliss-reactive ketones (excluding diaryl/α,β-unsaturated/α-hetero) is 2. The van der Waals surface area contributed by atoms with Crippen molar-refractivity contribution in [3.05, 3.63) is 59.8 Å². The second-order valence-electron chi connectivity index (χ2n) is 7.07. The molecule has 0 fully saturated rings. The number of nitrogens with one attached hydrogen (secondary N) is 3. The third kappa shape index (κ3) is 4.22. The second kappa shape index (κ2) is 8.88. The van der Waals surface area contributed by atoms with Crippen molar-refractivity contribution in [3.63, 3.8) is 0 Å². The van der Waals surface area contributed by atoms with Crippen LogP contribution in [0.25, 0.3) is 22.3 Å². The first-order chi connectivity index (χ1) is 15.1. The Balaban J connectivity index is 1.53. The van der Waals surface area contributed by atoms with Crippen molar-refractivity contribution in [2.45, 2.75) is 19.9 Å². The van der Waals surface area contributed by atoms with E-state index in [9.17, 15) is 9.59 Å². The number of fused-ring (bicyclic) bond motifs is 1. The Morgan fingerprint density at radius 1 is 1.23 bits per heavy atom. The van der Waals surface area contributed by atoms with Crippen molar-refractivity contribution in [2.24, 2.45) is 0 Å². The molecule has 0 unspecified atom stereocenters. The molecule has 9 nitrogen and oxygen atoms in total. The number of hydrogen-bond acceptors (Lipinski definition) is 7. The quantitative estimate of drug-likeness (QED) is 0.217. The SMILES string of the molecule is COc1cnc(-c2cc(CNCCc3ccncc3)[nH]n2)c2[nH]cc(C(=O)C(C)=O)c12. The molecule has 0 radical (unpaired) electrons. The monoisotopic (exact) mass is 418 g/mol. The maximum atomic E-state index is 12.3. The summed E-state index contributed by atoms with van der Waals surface area (Å²) in [5.74, 6) is -0.706. The minimum Gasteiger partial charge on any atom is -0.494 e. The van der Waals surface area contributed by atoms with Crippen molar-refractivity contribution in [3.8, 4) is 17.1 Å². The Kier molecular flexibility index (Phi) is 5.85. The number of pyridine rings is 2. The van der Waals surface area contributed by atoms with Crippen molar-refractivity contribution < 1.29 is 14.3 Å². The average molecular weight is 418 g/mol. The van der Waals surface area contributed by atoms with E-state index in [4.69, 9.17) is 4.74 Å². The molecule has 4 aromatic rings. The van der Waals surface area contributed by atoms with E-state index >= 15 is 0 Å². The zero-order valence-corrected chi connectivity index (χ0v) is 17.2. The largest absolute Gasteiger partial charge is 0.494 e. The lowest BCUT2D eigenvalue weighted by Crippen LogP contribution is -2.16. The van der Waals surface area contributed by atoms with Crippen LogP contribution >= 0.6 is 0 Å². The van der Waals surface area contributed by atoms with Crippen LogP contribution in [0.2, 0.25) is 0 Å². The van der Waals surface area contributed by atoms with E-state index in [1.165, 1.54) is 32.0 Å². The predicted molar refractivity (Wildman–Crippen MR) is 115 cm³/mol. The predicted octanol–water partition coefficient (Wildman–Crippen LogP) is 2.46. The number of hydrogen-bond donors (Lipinski definition) is 3. The molecule has 0 aliphatic rings. The molecule has 0 amide bonds. The smallest absolute Gasteiger partial charge is 0.230 e. The van der Waals surface area contributed by atoms with Crippen molar-refractivity contribution in [1.29, 1.82) is 0 Å². The number of ketones is 2. The highest BCUT2D eigenvalue weighted by molar-refractivity contribution is 6.45. The third-order valence-corrected chi connectivity index (χ3v) is 4.99. The molecule has 4 rings (SSSR count). The fraction of sp³-hybridized carbons (Fsp3) is 0.227. The van der Waals surface area contributed by atoms with Crippen molar-refractivity contribution >= 4 is 22.5 Å². The molecule has 3 N–H and O–H groups in total. The molecule has 0 aliphatic heterocycles. The summed E-state index contributed by atoms with van der Waals surface area (Å²) in [4.78, 5) is 35.5. The number of aromatic nitrogens is 5. The van der Waals surface area contributed by atoms with E-state index in [0.29, 0.717) is 34.6 Å². The standard InChI is InChI=1S/C22H22N6O3/c1-13(29)22(30)16-11-25-21-19(16)18(31-2)12-26-20(21)17-9-15(27-28-17)10-24-8-5-14-3-6-23-7-4-14/h3-4,6-7,9,11-12,24-25H,5,8,10H2,1-2H3,(H,27,28). The molecule has 0 aliphatic carbocycles. The Hall–Kier alpha value is -3.85. The van der Waals surface area contributed by atoms with Gasteiger partial charge in [-0.05, 0) is 36.7 Å². The van der Waals surface area contributed by atoms with Crippen LogP contribution in [0, 0.1) is 0 Å². The van der Waals surface area contributed by atoms with Crippen molar-refractivity contribution in [1.82, 2.24) is 30.5 Å². The van der Waals surface area contributed by atoms with Crippen LogP contribution in [-0.2, 0) is 17.8 Å². The molecular formula is C22H22N6O3. The van der Waals surface area contributed by atoms with Gasteiger partial charge in [0.15, 0.2) is 5.78 Å². The van der Waals surface area contributed by atoms with Gasteiger partial charge in [0.2, 0.25) is 5.78 Å². The molecule has 31 heavy (non-hydrogen) atoms. The highest BCUT2D eigenvalue weighted by Crippen LogP contribution is 2.34. The topological polar surface area (TPSA) is 126 Å². The highest BCUT2D eigenvalue weighted by Gasteiger charge is 2.22. The molecule has 4 aromatic heterocycles. The summed E-state index contributed by atoms with van der Waals surface area (Å²) in [6.45, 7) is 2.68. The number of H-pyrrole nitrogens is 2. The van der Waals surface area contributed by atoms with E-state index in [-0.39, 0.29) is 5.56 Å². The van der Waals surface area contributed by atoms with Gasteiger partial charge in [0, 0.05) is 37.8 Å². The van der Waals surface area contributed by atoms with E-state index in [1.54, 1.807) is 12.4 Å². The molecule has 0 saturated carbocycles. The molecule has 4 heterocycles. The molecule has 9 heteroatoms.